The molecule has 0 N–H and O–H groups in total. The van der Waals surface area contributed by atoms with Crippen LogP contribution in [0.25, 0.3) is 5.65 Å². The molecule has 0 bridgehead atoms. The van der Waals surface area contributed by atoms with Gasteiger partial charge < -0.3 is 0 Å². The fraction of sp³-hybridized carbons (Fsp3) is 0.231. The van der Waals surface area contributed by atoms with E-state index in [1.165, 1.54) is 12.4 Å². The molecule has 120 valence electrons. The van der Waals surface area contributed by atoms with Crippen molar-refractivity contribution in [2.45, 2.75) is 29.7 Å². The molecular formula is C13H9F4N5S. The average Bonchev–Trinajstić information content (AvgIpc) is 2.91. The Labute approximate surface area is 131 Å². The number of aromatic nitrogens is 5. The molecule has 3 heterocycles. The Morgan fingerprint density at radius 2 is 1.96 bits per heavy atom. The quantitative estimate of drug-likeness (QED) is 0.539. The third kappa shape index (κ3) is 2.98. The van der Waals surface area contributed by atoms with Gasteiger partial charge in [0.2, 0.25) is 5.16 Å². The normalized spacial score (nSPS) is 12.0. The second-order valence-corrected chi connectivity index (χ2v) is 5.48. The van der Waals surface area contributed by atoms with Crippen LogP contribution >= 0.6 is 11.8 Å². The molecule has 0 saturated heterocycles. The molecule has 3 aromatic heterocycles. The third-order valence-corrected chi connectivity index (χ3v) is 3.99. The molecule has 0 aliphatic carbocycles. The lowest BCUT2D eigenvalue weighted by molar-refractivity contribution is -0.137. The summed E-state index contributed by atoms with van der Waals surface area (Å²) in [5, 5.41) is 7.64. The summed E-state index contributed by atoms with van der Waals surface area (Å²) in [5.74, 6) is -0.608. The molecule has 0 radical (unpaired) electrons. The fourth-order valence-electron chi connectivity index (χ4n) is 1.90. The Balaban J connectivity index is 2.04. The number of aryl methyl sites for hydroxylation is 1. The first-order chi connectivity index (χ1) is 10.9. The van der Waals surface area contributed by atoms with Gasteiger partial charge >= 0.3 is 6.18 Å². The summed E-state index contributed by atoms with van der Waals surface area (Å²) in [6.45, 7) is 1.74. The molecule has 23 heavy (non-hydrogen) atoms. The van der Waals surface area contributed by atoms with E-state index in [2.05, 4.69) is 20.2 Å². The van der Waals surface area contributed by atoms with Crippen LogP contribution < -0.4 is 0 Å². The van der Waals surface area contributed by atoms with Crippen molar-refractivity contribution < 1.29 is 17.6 Å². The van der Waals surface area contributed by atoms with Crippen LogP contribution in [0.5, 0.6) is 0 Å². The summed E-state index contributed by atoms with van der Waals surface area (Å²) in [6, 6.07) is 2.12. The van der Waals surface area contributed by atoms with E-state index in [0.29, 0.717) is 6.42 Å². The second-order valence-electron chi connectivity index (χ2n) is 4.52. The van der Waals surface area contributed by atoms with Gasteiger partial charge in [-0.2, -0.15) is 13.2 Å². The van der Waals surface area contributed by atoms with E-state index in [1.54, 1.807) is 6.92 Å². The highest BCUT2D eigenvalue weighted by atomic mass is 32.2. The van der Waals surface area contributed by atoms with Gasteiger partial charge in [-0.25, -0.2) is 14.4 Å². The molecule has 5 nitrogen and oxygen atoms in total. The van der Waals surface area contributed by atoms with Crippen LogP contribution in [-0.4, -0.2) is 24.6 Å². The van der Waals surface area contributed by atoms with Crippen molar-refractivity contribution in [1.82, 2.24) is 24.6 Å². The van der Waals surface area contributed by atoms with Gasteiger partial charge in [-0.15, -0.1) is 10.2 Å². The molecule has 0 saturated carbocycles. The summed E-state index contributed by atoms with van der Waals surface area (Å²) < 4.78 is 53.7. The molecular weight excluding hydrogens is 334 g/mol. The second kappa shape index (κ2) is 5.76. The predicted molar refractivity (Wildman–Crippen MR) is 73.5 cm³/mol. The minimum Gasteiger partial charge on any atom is -0.277 e. The molecule has 3 aromatic rings. The van der Waals surface area contributed by atoms with Gasteiger partial charge in [-0.05, 0) is 30.3 Å². The summed E-state index contributed by atoms with van der Waals surface area (Å²) >= 11 is 0.795. The monoisotopic (exact) mass is 343 g/mol. The maximum Gasteiger partial charge on any atom is 0.417 e. The van der Waals surface area contributed by atoms with Crippen molar-refractivity contribution in [3.05, 3.63) is 41.7 Å². The van der Waals surface area contributed by atoms with E-state index in [4.69, 9.17) is 0 Å². The summed E-state index contributed by atoms with van der Waals surface area (Å²) in [5.41, 5.74) is -0.387. The lowest BCUT2D eigenvalue weighted by Gasteiger charge is -2.07. The maximum absolute atomic E-state index is 14.2. The largest absolute Gasteiger partial charge is 0.417 e. The zero-order valence-electron chi connectivity index (χ0n) is 11.7. The van der Waals surface area contributed by atoms with Gasteiger partial charge in [0.1, 0.15) is 11.4 Å². The van der Waals surface area contributed by atoms with E-state index in [0.717, 1.165) is 28.4 Å². The zero-order valence-corrected chi connectivity index (χ0v) is 12.5. The van der Waals surface area contributed by atoms with Crippen molar-refractivity contribution in [2.24, 2.45) is 0 Å². The average molecular weight is 343 g/mol. The first kappa shape index (κ1) is 15.7. The molecule has 0 fully saturated rings. The number of pyridine rings is 1. The van der Waals surface area contributed by atoms with Crippen molar-refractivity contribution in [2.75, 3.05) is 0 Å². The first-order valence-corrected chi connectivity index (χ1v) is 7.31. The standard InChI is InChI=1S/C13H9F4N5S/c1-2-8-10(14)11(19-6-18-8)23-12-21-20-9-4-3-7(5-22(9)12)13(15,16)17/h3-6H,2H2,1H3. The summed E-state index contributed by atoms with van der Waals surface area (Å²) in [4.78, 5) is 7.62. The minimum absolute atomic E-state index is 0.0106. The summed E-state index contributed by atoms with van der Waals surface area (Å²) in [7, 11) is 0. The van der Waals surface area contributed by atoms with Gasteiger partial charge in [0, 0.05) is 6.20 Å². The molecule has 0 unspecified atom stereocenters. The highest BCUT2D eigenvalue weighted by Crippen LogP contribution is 2.32. The number of alkyl halides is 3. The Hall–Kier alpha value is -2.23. The van der Waals surface area contributed by atoms with E-state index in [9.17, 15) is 17.6 Å². The Bertz CT molecular complexity index is 861. The Morgan fingerprint density at radius 1 is 1.17 bits per heavy atom. The number of nitrogens with zero attached hydrogens (tertiary/aromatic N) is 5. The van der Waals surface area contributed by atoms with E-state index < -0.39 is 17.6 Å². The van der Waals surface area contributed by atoms with E-state index in [-0.39, 0.29) is 21.5 Å². The first-order valence-electron chi connectivity index (χ1n) is 6.49. The smallest absolute Gasteiger partial charge is 0.277 e. The number of hydrogen-bond donors (Lipinski definition) is 0. The molecule has 10 heteroatoms. The number of rotatable bonds is 3. The molecule has 0 aliphatic heterocycles. The number of fused-ring (bicyclic) bond motifs is 1. The number of halogens is 4. The van der Waals surface area contributed by atoms with E-state index >= 15 is 0 Å². The molecule has 0 atom stereocenters. The maximum atomic E-state index is 14.2. The van der Waals surface area contributed by atoms with Crippen LogP contribution in [0, 0.1) is 5.82 Å². The molecule has 3 rings (SSSR count). The predicted octanol–water partition coefficient (Wildman–Crippen LogP) is 3.39. The van der Waals surface area contributed by atoms with Crippen LogP contribution in [0.4, 0.5) is 17.6 Å². The van der Waals surface area contributed by atoms with Crippen molar-refractivity contribution in [3.63, 3.8) is 0 Å². The van der Waals surface area contributed by atoms with Crippen LogP contribution in [-0.2, 0) is 12.6 Å². The SMILES string of the molecule is CCc1ncnc(Sc2nnc3ccc(C(F)(F)F)cn23)c1F. The van der Waals surface area contributed by atoms with Gasteiger partial charge in [0.25, 0.3) is 0 Å². The molecule has 0 aliphatic rings. The van der Waals surface area contributed by atoms with Crippen LogP contribution in [0.15, 0.2) is 34.8 Å². The van der Waals surface area contributed by atoms with Gasteiger partial charge in [0.05, 0.1) is 11.3 Å². The Kier molecular flexibility index (Phi) is 3.92. The lowest BCUT2D eigenvalue weighted by Crippen LogP contribution is -2.06. The zero-order chi connectivity index (χ0) is 16.6. The number of hydrogen-bond acceptors (Lipinski definition) is 5. The molecule has 0 amide bonds. The van der Waals surface area contributed by atoms with Gasteiger partial charge in [-0.1, -0.05) is 6.92 Å². The topological polar surface area (TPSA) is 56.0 Å². The minimum atomic E-state index is -4.49. The highest BCUT2D eigenvalue weighted by Gasteiger charge is 2.31. The van der Waals surface area contributed by atoms with Gasteiger partial charge in [0.15, 0.2) is 11.5 Å². The molecule has 0 aromatic carbocycles. The van der Waals surface area contributed by atoms with Crippen LogP contribution in [0.1, 0.15) is 18.2 Å². The summed E-state index contributed by atoms with van der Waals surface area (Å²) in [6.07, 6.45) is -2.04. The van der Waals surface area contributed by atoms with Crippen LogP contribution in [0.2, 0.25) is 0 Å². The van der Waals surface area contributed by atoms with E-state index in [1.807, 2.05) is 0 Å². The Morgan fingerprint density at radius 3 is 2.65 bits per heavy atom. The highest BCUT2D eigenvalue weighted by molar-refractivity contribution is 7.99. The third-order valence-electron chi connectivity index (χ3n) is 3.05. The lowest BCUT2D eigenvalue weighted by atomic mass is 10.3. The van der Waals surface area contributed by atoms with Crippen molar-refractivity contribution in [3.8, 4) is 0 Å². The van der Waals surface area contributed by atoms with Crippen LogP contribution in [0.3, 0.4) is 0 Å². The van der Waals surface area contributed by atoms with Crippen molar-refractivity contribution in [1.29, 1.82) is 0 Å². The van der Waals surface area contributed by atoms with Crippen molar-refractivity contribution >= 4 is 17.4 Å². The van der Waals surface area contributed by atoms with Gasteiger partial charge in [-0.3, -0.25) is 4.40 Å². The fourth-order valence-corrected chi connectivity index (χ4v) is 2.71. The molecule has 0 spiro atoms.